The first-order valence-electron chi connectivity index (χ1n) is 6.80. The second-order valence-electron chi connectivity index (χ2n) is 5.50. The van der Waals surface area contributed by atoms with E-state index in [2.05, 4.69) is 24.1 Å². The number of nitrogens with one attached hydrogen (secondary N) is 1. The molecule has 1 aliphatic heterocycles. The summed E-state index contributed by atoms with van der Waals surface area (Å²) < 4.78 is 5.66. The third kappa shape index (κ3) is 3.96. The smallest absolute Gasteiger partial charge is 0.234 e. The van der Waals surface area contributed by atoms with Crippen LogP contribution in [0.1, 0.15) is 39.5 Å². The van der Waals surface area contributed by atoms with E-state index >= 15 is 0 Å². The van der Waals surface area contributed by atoms with Crippen molar-refractivity contribution in [1.82, 2.24) is 10.2 Å². The predicted molar refractivity (Wildman–Crippen MR) is 66.8 cm³/mol. The van der Waals surface area contributed by atoms with Gasteiger partial charge in [-0.25, -0.2) is 0 Å². The molecule has 1 saturated carbocycles. The van der Waals surface area contributed by atoms with Gasteiger partial charge in [-0.3, -0.25) is 9.69 Å². The van der Waals surface area contributed by atoms with E-state index in [1.807, 2.05) is 0 Å². The Kier molecular flexibility index (Phi) is 4.40. The third-order valence-corrected chi connectivity index (χ3v) is 3.58. The topological polar surface area (TPSA) is 41.6 Å². The minimum Gasteiger partial charge on any atom is -0.373 e. The molecule has 1 saturated heterocycles. The molecule has 4 heteroatoms. The molecule has 0 bridgehead atoms. The number of ether oxygens (including phenoxy) is 1. The van der Waals surface area contributed by atoms with Gasteiger partial charge in [0, 0.05) is 19.1 Å². The lowest BCUT2D eigenvalue weighted by atomic mass is 10.2. The molecule has 2 rings (SSSR count). The third-order valence-electron chi connectivity index (χ3n) is 3.58. The number of amides is 1. The second kappa shape index (κ2) is 5.83. The summed E-state index contributed by atoms with van der Waals surface area (Å²) in [6.45, 7) is 6.38. The van der Waals surface area contributed by atoms with Crippen molar-refractivity contribution in [2.45, 2.75) is 57.8 Å². The second-order valence-corrected chi connectivity index (χ2v) is 5.50. The van der Waals surface area contributed by atoms with Crippen molar-refractivity contribution in [2.24, 2.45) is 0 Å². The van der Waals surface area contributed by atoms with Crippen molar-refractivity contribution >= 4 is 5.91 Å². The van der Waals surface area contributed by atoms with Gasteiger partial charge in [0.1, 0.15) is 0 Å². The molecule has 98 valence electrons. The molecule has 0 unspecified atom stereocenters. The van der Waals surface area contributed by atoms with Gasteiger partial charge >= 0.3 is 0 Å². The number of hydrogen-bond donors (Lipinski definition) is 1. The molecule has 2 atom stereocenters. The molecular formula is C13H24N2O2. The average molecular weight is 240 g/mol. The maximum absolute atomic E-state index is 11.9. The number of hydrogen-bond acceptors (Lipinski definition) is 3. The normalized spacial score (nSPS) is 31.6. The first-order valence-corrected chi connectivity index (χ1v) is 6.80. The highest BCUT2D eigenvalue weighted by molar-refractivity contribution is 5.78. The summed E-state index contributed by atoms with van der Waals surface area (Å²) in [4.78, 5) is 14.1. The molecule has 1 aliphatic carbocycles. The van der Waals surface area contributed by atoms with Gasteiger partial charge in [0.15, 0.2) is 0 Å². The Morgan fingerprint density at radius 1 is 1.24 bits per heavy atom. The molecule has 0 spiro atoms. The molecule has 0 aromatic carbocycles. The lowest BCUT2D eigenvalue weighted by Gasteiger charge is -2.34. The van der Waals surface area contributed by atoms with E-state index in [0.29, 0.717) is 12.6 Å². The molecule has 1 heterocycles. The van der Waals surface area contributed by atoms with Crippen molar-refractivity contribution in [3.63, 3.8) is 0 Å². The van der Waals surface area contributed by atoms with Gasteiger partial charge in [-0.1, -0.05) is 12.8 Å². The van der Waals surface area contributed by atoms with E-state index in [-0.39, 0.29) is 18.1 Å². The summed E-state index contributed by atoms with van der Waals surface area (Å²) in [5, 5.41) is 3.13. The lowest BCUT2D eigenvalue weighted by molar-refractivity contribution is -0.126. The molecule has 17 heavy (non-hydrogen) atoms. The van der Waals surface area contributed by atoms with Crippen molar-refractivity contribution in [1.29, 1.82) is 0 Å². The maximum Gasteiger partial charge on any atom is 0.234 e. The summed E-state index contributed by atoms with van der Waals surface area (Å²) in [5.41, 5.74) is 0. The zero-order valence-electron chi connectivity index (χ0n) is 10.9. The molecule has 0 aromatic rings. The Morgan fingerprint density at radius 3 is 2.41 bits per heavy atom. The molecule has 1 N–H and O–H groups in total. The van der Waals surface area contributed by atoms with Crippen LogP contribution < -0.4 is 5.32 Å². The van der Waals surface area contributed by atoms with Gasteiger partial charge in [-0.05, 0) is 26.7 Å². The molecular weight excluding hydrogens is 216 g/mol. The van der Waals surface area contributed by atoms with Crippen LogP contribution in [0.25, 0.3) is 0 Å². The van der Waals surface area contributed by atoms with E-state index < -0.39 is 0 Å². The Morgan fingerprint density at radius 2 is 1.82 bits per heavy atom. The van der Waals surface area contributed by atoms with E-state index in [4.69, 9.17) is 4.74 Å². The summed E-state index contributed by atoms with van der Waals surface area (Å²) in [7, 11) is 0. The van der Waals surface area contributed by atoms with Gasteiger partial charge in [0.25, 0.3) is 0 Å². The minimum atomic E-state index is 0.179. The van der Waals surface area contributed by atoms with E-state index in [9.17, 15) is 4.79 Å². The summed E-state index contributed by atoms with van der Waals surface area (Å²) in [5.74, 6) is 0.179. The fraction of sp³-hybridized carbons (Fsp3) is 0.923. The zero-order valence-corrected chi connectivity index (χ0v) is 10.9. The number of rotatable bonds is 3. The van der Waals surface area contributed by atoms with E-state index in [0.717, 1.165) is 25.9 Å². The number of carbonyl (C=O) groups excluding carboxylic acids is 1. The summed E-state index contributed by atoms with van der Waals surface area (Å²) >= 11 is 0. The van der Waals surface area contributed by atoms with Crippen LogP contribution in [-0.2, 0) is 9.53 Å². The lowest BCUT2D eigenvalue weighted by Crippen LogP contribution is -2.50. The largest absolute Gasteiger partial charge is 0.373 e. The van der Waals surface area contributed by atoms with Gasteiger partial charge < -0.3 is 10.1 Å². The van der Waals surface area contributed by atoms with E-state index in [1.54, 1.807) is 0 Å². The Bertz CT molecular complexity index is 254. The Balaban J connectivity index is 1.73. The number of nitrogens with zero attached hydrogens (tertiary/aromatic N) is 1. The fourth-order valence-corrected chi connectivity index (χ4v) is 2.96. The first-order chi connectivity index (χ1) is 8.13. The SMILES string of the molecule is C[C@@H]1CN(CC(=O)NC2CCCC2)C[C@H](C)O1. The van der Waals surface area contributed by atoms with Crippen LogP contribution in [0.2, 0.25) is 0 Å². The molecule has 1 amide bonds. The minimum absolute atomic E-state index is 0.179. The first kappa shape index (κ1) is 12.8. The van der Waals surface area contributed by atoms with Gasteiger partial charge in [-0.15, -0.1) is 0 Å². The van der Waals surface area contributed by atoms with Crippen LogP contribution in [0.15, 0.2) is 0 Å². The summed E-state index contributed by atoms with van der Waals surface area (Å²) in [6.07, 6.45) is 5.30. The van der Waals surface area contributed by atoms with Crippen LogP contribution in [0, 0.1) is 0 Å². The highest BCUT2D eigenvalue weighted by Gasteiger charge is 2.24. The van der Waals surface area contributed by atoms with Crippen molar-refractivity contribution in [3.05, 3.63) is 0 Å². The molecule has 0 aromatic heterocycles. The standard InChI is InChI=1S/C13H24N2O2/c1-10-7-15(8-11(2)17-10)9-13(16)14-12-5-3-4-6-12/h10-12H,3-9H2,1-2H3,(H,14,16)/t10-,11+. The highest BCUT2D eigenvalue weighted by atomic mass is 16.5. The van der Waals surface area contributed by atoms with Crippen molar-refractivity contribution < 1.29 is 9.53 Å². The van der Waals surface area contributed by atoms with Gasteiger partial charge in [0.05, 0.1) is 18.8 Å². The van der Waals surface area contributed by atoms with Crippen LogP contribution >= 0.6 is 0 Å². The molecule has 2 aliphatic rings. The van der Waals surface area contributed by atoms with Gasteiger partial charge in [0.2, 0.25) is 5.91 Å². The monoisotopic (exact) mass is 240 g/mol. The summed E-state index contributed by atoms with van der Waals surface area (Å²) in [6, 6.07) is 0.429. The van der Waals surface area contributed by atoms with E-state index in [1.165, 1.54) is 12.8 Å². The fourth-order valence-electron chi connectivity index (χ4n) is 2.96. The van der Waals surface area contributed by atoms with Crippen LogP contribution in [0.4, 0.5) is 0 Å². The predicted octanol–water partition coefficient (Wildman–Crippen LogP) is 1.15. The highest BCUT2D eigenvalue weighted by Crippen LogP contribution is 2.17. The molecule has 4 nitrogen and oxygen atoms in total. The van der Waals surface area contributed by atoms with Crippen molar-refractivity contribution in [2.75, 3.05) is 19.6 Å². The average Bonchev–Trinajstić information content (AvgIpc) is 2.67. The Hall–Kier alpha value is -0.610. The quantitative estimate of drug-likeness (QED) is 0.804. The number of morpholine rings is 1. The zero-order chi connectivity index (χ0) is 12.3. The Labute approximate surface area is 104 Å². The van der Waals surface area contributed by atoms with Crippen LogP contribution in [-0.4, -0.2) is 48.7 Å². The number of carbonyl (C=O) groups is 1. The maximum atomic E-state index is 11.9. The van der Waals surface area contributed by atoms with Gasteiger partial charge in [-0.2, -0.15) is 0 Å². The molecule has 2 fully saturated rings. The van der Waals surface area contributed by atoms with Crippen LogP contribution in [0.3, 0.4) is 0 Å². The van der Waals surface area contributed by atoms with Crippen LogP contribution in [0.5, 0.6) is 0 Å². The molecule has 0 radical (unpaired) electrons. The van der Waals surface area contributed by atoms with Crippen molar-refractivity contribution in [3.8, 4) is 0 Å².